The van der Waals surface area contributed by atoms with Gasteiger partial charge >= 0.3 is 0 Å². The van der Waals surface area contributed by atoms with E-state index in [-0.39, 0.29) is 23.9 Å². The molecule has 0 bridgehead atoms. The Bertz CT molecular complexity index is 566. The van der Waals surface area contributed by atoms with Gasteiger partial charge in [-0.15, -0.1) is 10.2 Å². The van der Waals surface area contributed by atoms with Gasteiger partial charge < -0.3 is 10.6 Å². The second-order valence-electron chi connectivity index (χ2n) is 6.80. The first kappa shape index (κ1) is 19.0. The summed E-state index contributed by atoms with van der Waals surface area (Å²) in [5.74, 6) is 2.12. The minimum Gasteiger partial charge on any atom is -0.353 e. The molecule has 0 radical (unpaired) electrons. The molecule has 0 aliphatic heterocycles. The molecule has 138 valence electrons. The summed E-state index contributed by atoms with van der Waals surface area (Å²) in [6.07, 6.45) is 4.88. The van der Waals surface area contributed by atoms with Gasteiger partial charge in [-0.25, -0.2) is 0 Å². The molecule has 1 aromatic heterocycles. The highest BCUT2D eigenvalue weighted by Gasteiger charge is 2.29. The quantitative estimate of drug-likeness (QED) is 0.587. The smallest absolute Gasteiger partial charge is 0.230 e. The van der Waals surface area contributed by atoms with E-state index in [2.05, 4.69) is 34.7 Å². The molecule has 6 nitrogen and oxygen atoms in total. The van der Waals surface area contributed by atoms with Crippen LogP contribution in [0.3, 0.4) is 0 Å². The molecule has 9 heteroatoms. The zero-order chi connectivity index (χ0) is 17.8. The lowest BCUT2D eigenvalue weighted by molar-refractivity contribution is -0.120. The Morgan fingerprint density at radius 2 is 1.36 bits per heavy atom. The van der Waals surface area contributed by atoms with E-state index in [0.717, 1.165) is 8.68 Å². The summed E-state index contributed by atoms with van der Waals surface area (Å²) < 4.78 is 1.53. The van der Waals surface area contributed by atoms with Crippen molar-refractivity contribution in [3.05, 3.63) is 0 Å². The summed E-state index contributed by atoms with van der Waals surface area (Å²) in [5, 5.41) is 14.2. The van der Waals surface area contributed by atoms with Crippen LogP contribution in [-0.4, -0.2) is 45.6 Å². The molecule has 2 aliphatic rings. The normalized spacial score (nSPS) is 19.3. The van der Waals surface area contributed by atoms with Crippen LogP contribution in [0.5, 0.6) is 0 Å². The number of nitrogens with zero attached hydrogens (tertiary/aromatic N) is 2. The van der Waals surface area contributed by atoms with Crippen molar-refractivity contribution < 1.29 is 9.59 Å². The average Bonchev–Trinajstić information content (AvgIpc) is 3.47. The van der Waals surface area contributed by atoms with Crippen LogP contribution in [0, 0.1) is 11.8 Å². The first-order valence-corrected chi connectivity index (χ1v) is 11.5. The van der Waals surface area contributed by atoms with Crippen molar-refractivity contribution in [3.8, 4) is 0 Å². The van der Waals surface area contributed by atoms with Crippen molar-refractivity contribution in [3.63, 3.8) is 0 Å². The van der Waals surface area contributed by atoms with E-state index in [1.807, 2.05) is 0 Å². The summed E-state index contributed by atoms with van der Waals surface area (Å²) in [6.45, 7) is 4.13. The lowest BCUT2D eigenvalue weighted by Gasteiger charge is -2.11. The molecule has 2 saturated carbocycles. The summed E-state index contributed by atoms with van der Waals surface area (Å²) in [5.41, 5.74) is 0. The third kappa shape index (κ3) is 6.45. The number of amides is 2. The third-order valence-corrected chi connectivity index (χ3v) is 7.67. The molecular formula is C16H24N4O2S3. The molecule has 0 unspecified atom stereocenters. The van der Waals surface area contributed by atoms with Crippen LogP contribution in [0.1, 0.15) is 39.5 Å². The molecule has 2 amide bonds. The van der Waals surface area contributed by atoms with Crippen LogP contribution < -0.4 is 10.6 Å². The van der Waals surface area contributed by atoms with E-state index >= 15 is 0 Å². The number of thioether (sulfide) groups is 2. The summed E-state index contributed by atoms with van der Waals surface area (Å²) >= 11 is 4.23. The Labute approximate surface area is 160 Å². The van der Waals surface area contributed by atoms with Gasteiger partial charge in [-0.05, 0) is 51.4 Å². The van der Waals surface area contributed by atoms with Gasteiger partial charge in [-0.2, -0.15) is 0 Å². The molecule has 0 aromatic carbocycles. The fourth-order valence-electron chi connectivity index (χ4n) is 2.59. The van der Waals surface area contributed by atoms with Crippen LogP contribution in [0.2, 0.25) is 0 Å². The van der Waals surface area contributed by atoms with Gasteiger partial charge in [0.1, 0.15) is 0 Å². The number of hydrogen-bond acceptors (Lipinski definition) is 7. The van der Waals surface area contributed by atoms with Gasteiger partial charge in [0.25, 0.3) is 0 Å². The monoisotopic (exact) mass is 400 g/mol. The predicted octanol–water partition coefficient (Wildman–Crippen LogP) is 2.55. The fourth-order valence-corrected chi connectivity index (χ4v) is 5.23. The van der Waals surface area contributed by atoms with E-state index in [4.69, 9.17) is 0 Å². The minimum atomic E-state index is 0.0437. The number of hydrogen-bond donors (Lipinski definition) is 2. The molecule has 2 atom stereocenters. The Morgan fingerprint density at radius 1 is 0.960 bits per heavy atom. The highest BCUT2D eigenvalue weighted by Crippen LogP contribution is 2.33. The lowest BCUT2D eigenvalue weighted by atomic mass is 10.2. The SMILES string of the molecule is C[C@@H](NC(=O)CSc1nnc(SCC(=O)N[C@H](C)C2CC2)s1)C1CC1. The fraction of sp³-hybridized carbons (Fsp3) is 0.750. The van der Waals surface area contributed by atoms with Crippen LogP contribution in [0.15, 0.2) is 8.68 Å². The summed E-state index contributed by atoms with van der Waals surface area (Å²) in [4.78, 5) is 23.8. The van der Waals surface area contributed by atoms with E-state index in [1.54, 1.807) is 0 Å². The molecule has 2 fully saturated rings. The van der Waals surface area contributed by atoms with Crippen LogP contribution in [0.25, 0.3) is 0 Å². The molecular weight excluding hydrogens is 376 g/mol. The molecule has 1 aromatic rings. The van der Waals surface area contributed by atoms with Gasteiger partial charge in [0.15, 0.2) is 8.68 Å². The standard InChI is InChI=1S/C16H24N4O2S3/c1-9(11-3-4-11)17-13(21)7-23-15-19-20-16(25-15)24-8-14(22)18-10(2)12-5-6-12/h9-12H,3-8H2,1-2H3,(H,17,21)(H,18,22)/t9-,10-/m1/s1. The van der Waals surface area contributed by atoms with Crippen molar-refractivity contribution in [1.82, 2.24) is 20.8 Å². The maximum Gasteiger partial charge on any atom is 0.230 e. The second-order valence-corrected chi connectivity index (χ2v) is 10.2. The molecule has 2 N–H and O–H groups in total. The molecule has 3 rings (SSSR count). The molecule has 25 heavy (non-hydrogen) atoms. The Hall–Kier alpha value is -0.800. The average molecular weight is 401 g/mol. The first-order valence-electron chi connectivity index (χ1n) is 8.69. The molecule has 0 saturated heterocycles. The topological polar surface area (TPSA) is 84.0 Å². The van der Waals surface area contributed by atoms with E-state index < -0.39 is 0 Å². The Balaban J connectivity index is 1.33. The number of nitrogens with one attached hydrogen (secondary N) is 2. The highest BCUT2D eigenvalue weighted by molar-refractivity contribution is 8.03. The third-order valence-electron chi connectivity index (χ3n) is 4.48. The van der Waals surface area contributed by atoms with E-state index in [0.29, 0.717) is 23.3 Å². The molecule has 1 heterocycles. The van der Waals surface area contributed by atoms with Crippen molar-refractivity contribution in [2.24, 2.45) is 11.8 Å². The largest absolute Gasteiger partial charge is 0.353 e. The van der Waals surface area contributed by atoms with Crippen LogP contribution >= 0.6 is 34.9 Å². The maximum atomic E-state index is 11.9. The number of carbonyl (C=O) groups excluding carboxylic acids is 2. The van der Waals surface area contributed by atoms with Gasteiger partial charge in [0, 0.05) is 12.1 Å². The summed E-state index contributed by atoms with van der Waals surface area (Å²) in [7, 11) is 0. The Kier molecular flexibility index (Phi) is 6.62. The molecule has 2 aliphatic carbocycles. The first-order chi connectivity index (χ1) is 12.0. The minimum absolute atomic E-state index is 0.0437. The van der Waals surface area contributed by atoms with Gasteiger partial charge in [0.2, 0.25) is 11.8 Å². The van der Waals surface area contributed by atoms with E-state index in [9.17, 15) is 9.59 Å². The van der Waals surface area contributed by atoms with Gasteiger partial charge in [-0.3, -0.25) is 9.59 Å². The maximum absolute atomic E-state index is 11.9. The van der Waals surface area contributed by atoms with Crippen LogP contribution in [0.4, 0.5) is 0 Å². The van der Waals surface area contributed by atoms with E-state index in [1.165, 1.54) is 60.5 Å². The van der Waals surface area contributed by atoms with Crippen molar-refractivity contribution >= 4 is 46.7 Å². The number of rotatable bonds is 10. The van der Waals surface area contributed by atoms with Crippen molar-refractivity contribution in [2.75, 3.05) is 11.5 Å². The zero-order valence-corrected chi connectivity index (χ0v) is 16.9. The molecule has 0 spiro atoms. The van der Waals surface area contributed by atoms with Gasteiger partial charge in [0.05, 0.1) is 11.5 Å². The van der Waals surface area contributed by atoms with Crippen LogP contribution in [-0.2, 0) is 9.59 Å². The second kappa shape index (κ2) is 8.73. The van der Waals surface area contributed by atoms with Crippen molar-refractivity contribution in [2.45, 2.75) is 60.3 Å². The van der Waals surface area contributed by atoms with Crippen molar-refractivity contribution in [1.29, 1.82) is 0 Å². The van der Waals surface area contributed by atoms with Gasteiger partial charge in [-0.1, -0.05) is 34.9 Å². The number of carbonyl (C=O) groups is 2. The predicted molar refractivity (Wildman–Crippen MR) is 102 cm³/mol. The summed E-state index contributed by atoms with van der Waals surface area (Å²) in [6, 6.07) is 0.537. The lowest BCUT2D eigenvalue weighted by Crippen LogP contribution is -2.35. The highest BCUT2D eigenvalue weighted by atomic mass is 32.2. The Morgan fingerprint density at radius 3 is 1.72 bits per heavy atom. The zero-order valence-electron chi connectivity index (χ0n) is 14.5. The number of aromatic nitrogens is 2.